The highest BCUT2D eigenvalue weighted by molar-refractivity contribution is 5.24. The fourth-order valence-corrected chi connectivity index (χ4v) is 2.15. The Morgan fingerprint density at radius 1 is 1.05 bits per heavy atom. The van der Waals surface area contributed by atoms with Crippen LogP contribution in [0.1, 0.15) is 29.7 Å². The van der Waals surface area contributed by atoms with Crippen molar-refractivity contribution in [3.8, 4) is 0 Å². The van der Waals surface area contributed by atoms with Gasteiger partial charge in [0, 0.05) is 25.3 Å². The number of halogens is 2. The van der Waals surface area contributed by atoms with Gasteiger partial charge in [-0.15, -0.1) is 0 Å². The van der Waals surface area contributed by atoms with E-state index in [0.717, 1.165) is 23.3 Å². The maximum absolute atomic E-state index is 13.7. The number of methoxy groups -OCH3 is 1. The highest BCUT2D eigenvalue weighted by Crippen LogP contribution is 2.18. The van der Waals surface area contributed by atoms with Crippen LogP contribution in [0.2, 0.25) is 0 Å². The lowest BCUT2D eigenvalue weighted by Gasteiger charge is -2.15. The highest BCUT2D eigenvalue weighted by atomic mass is 19.1. The third-order valence-corrected chi connectivity index (χ3v) is 3.37. The zero-order chi connectivity index (χ0) is 15.2. The minimum atomic E-state index is -0.427. The van der Waals surface area contributed by atoms with Crippen LogP contribution < -0.4 is 5.32 Å². The molecule has 1 unspecified atom stereocenters. The van der Waals surface area contributed by atoms with Gasteiger partial charge in [0.15, 0.2) is 0 Å². The topological polar surface area (TPSA) is 21.3 Å². The number of nitrogens with one attached hydrogen (secondary N) is 1. The van der Waals surface area contributed by atoms with Gasteiger partial charge in [-0.2, -0.15) is 0 Å². The molecule has 0 saturated heterocycles. The van der Waals surface area contributed by atoms with Crippen molar-refractivity contribution in [2.75, 3.05) is 7.11 Å². The number of rotatable bonds is 6. The molecule has 0 aromatic heterocycles. The minimum Gasteiger partial charge on any atom is -0.380 e. The first kappa shape index (κ1) is 15.6. The Morgan fingerprint density at radius 3 is 2.38 bits per heavy atom. The summed E-state index contributed by atoms with van der Waals surface area (Å²) in [5, 5.41) is 3.20. The van der Waals surface area contributed by atoms with Crippen molar-refractivity contribution in [3.63, 3.8) is 0 Å². The smallest absolute Gasteiger partial charge is 0.128 e. The van der Waals surface area contributed by atoms with Gasteiger partial charge < -0.3 is 10.1 Å². The molecule has 2 aromatic carbocycles. The second kappa shape index (κ2) is 7.29. The molecule has 1 atom stereocenters. The van der Waals surface area contributed by atoms with Gasteiger partial charge in [0.2, 0.25) is 0 Å². The Balaban J connectivity index is 1.97. The Bertz CT molecular complexity index is 584. The monoisotopic (exact) mass is 291 g/mol. The van der Waals surface area contributed by atoms with E-state index in [-0.39, 0.29) is 6.04 Å². The summed E-state index contributed by atoms with van der Waals surface area (Å²) in [6.07, 6.45) is 0. The van der Waals surface area contributed by atoms with Crippen LogP contribution in [0.5, 0.6) is 0 Å². The molecule has 0 aliphatic rings. The first-order valence-corrected chi connectivity index (χ1v) is 6.85. The van der Waals surface area contributed by atoms with Crippen LogP contribution in [0.4, 0.5) is 8.78 Å². The van der Waals surface area contributed by atoms with Crippen molar-refractivity contribution >= 4 is 0 Å². The zero-order valence-electron chi connectivity index (χ0n) is 12.2. The molecular formula is C17H19F2NO. The van der Waals surface area contributed by atoms with E-state index < -0.39 is 11.6 Å². The van der Waals surface area contributed by atoms with Crippen molar-refractivity contribution in [1.29, 1.82) is 0 Å². The molecule has 0 radical (unpaired) electrons. The Hall–Kier alpha value is -1.78. The average Bonchev–Trinajstić information content (AvgIpc) is 2.49. The Kier molecular flexibility index (Phi) is 5.42. The molecule has 21 heavy (non-hydrogen) atoms. The lowest BCUT2D eigenvalue weighted by molar-refractivity contribution is 0.185. The van der Waals surface area contributed by atoms with E-state index >= 15 is 0 Å². The van der Waals surface area contributed by atoms with E-state index in [1.165, 1.54) is 6.07 Å². The Morgan fingerprint density at radius 2 is 1.71 bits per heavy atom. The number of benzene rings is 2. The van der Waals surface area contributed by atoms with E-state index in [1.807, 2.05) is 31.2 Å². The SMILES string of the molecule is COCc1ccc(CNC(C)c2cc(F)ccc2F)cc1. The number of ether oxygens (including phenoxy) is 1. The van der Waals surface area contributed by atoms with Crippen LogP contribution in [-0.4, -0.2) is 7.11 Å². The average molecular weight is 291 g/mol. The van der Waals surface area contributed by atoms with Crippen LogP contribution in [0.15, 0.2) is 42.5 Å². The van der Waals surface area contributed by atoms with Gasteiger partial charge in [0.1, 0.15) is 11.6 Å². The second-order valence-electron chi connectivity index (χ2n) is 5.02. The van der Waals surface area contributed by atoms with Gasteiger partial charge in [0.25, 0.3) is 0 Å². The summed E-state index contributed by atoms with van der Waals surface area (Å²) in [4.78, 5) is 0. The van der Waals surface area contributed by atoms with E-state index in [4.69, 9.17) is 4.74 Å². The van der Waals surface area contributed by atoms with Gasteiger partial charge in [-0.3, -0.25) is 0 Å². The maximum Gasteiger partial charge on any atom is 0.128 e. The van der Waals surface area contributed by atoms with Crippen LogP contribution >= 0.6 is 0 Å². The molecule has 0 saturated carbocycles. The molecule has 0 amide bonds. The van der Waals surface area contributed by atoms with Crippen molar-refractivity contribution in [2.24, 2.45) is 0 Å². The van der Waals surface area contributed by atoms with Gasteiger partial charge in [0.05, 0.1) is 6.61 Å². The van der Waals surface area contributed by atoms with E-state index in [1.54, 1.807) is 7.11 Å². The summed E-state index contributed by atoms with van der Waals surface area (Å²) in [5.41, 5.74) is 2.52. The van der Waals surface area contributed by atoms with E-state index in [0.29, 0.717) is 18.7 Å². The predicted octanol–water partition coefficient (Wildman–Crippen LogP) is 3.96. The molecular weight excluding hydrogens is 272 g/mol. The molecule has 112 valence electrons. The fraction of sp³-hybridized carbons (Fsp3) is 0.294. The lowest BCUT2D eigenvalue weighted by atomic mass is 10.1. The fourth-order valence-electron chi connectivity index (χ4n) is 2.15. The molecule has 1 N–H and O–H groups in total. The van der Waals surface area contributed by atoms with E-state index in [9.17, 15) is 8.78 Å². The predicted molar refractivity (Wildman–Crippen MR) is 78.8 cm³/mol. The molecule has 0 aliphatic heterocycles. The normalized spacial score (nSPS) is 12.4. The van der Waals surface area contributed by atoms with Gasteiger partial charge in [-0.25, -0.2) is 8.78 Å². The molecule has 0 spiro atoms. The second-order valence-corrected chi connectivity index (χ2v) is 5.02. The molecule has 0 aliphatic carbocycles. The molecule has 0 heterocycles. The molecule has 0 fully saturated rings. The number of hydrogen-bond donors (Lipinski definition) is 1. The zero-order valence-corrected chi connectivity index (χ0v) is 12.2. The maximum atomic E-state index is 13.7. The van der Waals surface area contributed by atoms with Gasteiger partial charge in [-0.1, -0.05) is 24.3 Å². The van der Waals surface area contributed by atoms with Crippen molar-refractivity contribution < 1.29 is 13.5 Å². The van der Waals surface area contributed by atoms with Gasteiger partial charge in [-0.05, 0) is 36.2 Å². The molecule has 4 heteroatoms. The molecule has 2 nitrogen and oxygen atoms in total. The van der Waals surface area contributed by atoms with Crippen LogP contribution in [0.3, 0.4) is 0 Å². The van der Waals surface area contributed by atoms with Crippen molar-refractivity contribution in [3.05, 3.63) is 70.8 Å². The first-order chi connectivity index (χ1) is 10.1. The lowest BCUT2D eigenvalue weighted by Crippen LogP contribution is -2.19. The van der Waals surface area contributed by atoms with Crippen molar-refractivity contribution in [2.45, 2.75) is 26.1 Å². The molecule has 0 bridgehead atoms. The summed E-state index contributed by atoms with van der Waals surface area (Å²) >= 11 is 0. The summed E-state index contributed by atoms with van der Waals surface area (Å²) in [5.74, 6) is -0.823. The van der Waals surface area contributed by atoms with Crippen LogP contribution in [0, 0.1) is 11.6 Å². The quantitative estimate of drug-likeness (QED) is 0.869. The summed E-state index contributed by atoms with van der Waals surface area (Å²) in [7, 11) is 1.66. The molecule has 2 aromatic rings. The highest BCUT2D eigenvalue weighted by Gasteiger charge is 2.11. The molecule has 2 rings (SSSR count). The third-order valence-electron chi connectivity index (χ3n) is 3.37. The third kappa shape index (κ3) is 4.34. The number of hydrogen-bond acceptors (Lipinski definition) is 2. The largest absolute Gasteiger partial charge is 0.380 e. The van der Waals surface area contributed by atoms with E-state index in [2.05, 4.69) is 5.32 Å². The van der Waals surface area contributed by atoms with Crippen LogP contribution in [0.25, 0.3) is 0 Å². The standard InChI is InChI=1S/C17H19F2NO/c1-12(16-9-15(18)7-8-17(16)19)20-10-13-3-5-14(6-4-13)11-21-2/h3-9,12,20H,10-11H2,1-2H3. The summed E-state index contributed by atoms with van der Waals surface area (Å²) in [6, 6.07) is 11.2. The first-order valence-electron chi connectivity index (χ1n) is 6.85. The summed E-state index contributed by atoms with van der Waals surface area (Å²) < 4.78 is 31.9. The van der Waals surface area contributed by atoms with Crippen LogP contribution in [-0.2, 0) is 17.9 Å². The summed E-state index contributed by atoms with van der Waals surface area (Å²) in [6.45, 7) is 2.99. The van der Waals surface area contributed by atoms with Crippen molar-refractivity contribution in [1.82, 2.24) is 5.32 Å². The Labute approximate surface area is 123 Å². The minimum absolute atomic E-state index is 0.264. The van der Waals surface area contributed by atoms with Gasteiger partial charge >= 0.3 is 0 Å².